The van der Waals surface area contributed by atoms with Gasteiger partial charge in [-0.3, -0.25) is 4.79 Å². The van der Waals surface area contributed by atoms with Crippen LogP contribution in [0.3, 0.4) is 0 Å². The Hall–Kier alpha value is -1.65. The van der Waals surface area contributed by atoms with Crippen LogP contribution < -0.4 is 11.1 Å². The van der Waals surface area contributed by atoms with Crippen molar-refractivity contribution >= 4 is 11.6 Å². The van der Waals surface area contributed by atoms with Crippen LogP contribution in [-0.4, -0.2) is 11.9 Å². The average Bonchev–Trinajstić information content (AvgIpc) is 2.20. The molecule has 1 amide bonds. The zero-order valence-corrected chi connectivity index (χ0v) is 10.8. The highest BCUT2D eigenvalue weighted by atomic mass is 19.1. The second-order valence-corrected chi connectivity index (χ2v) is 4.85. The first-order valence-corrected chi connectivity index (χ1v) is 5.86. The average molecular weight is 256 g/mol. The van der Waals surface area contributed by atoms with E-state index in [-0.39, 0.29) is 17.3 Å². The molecule has 0 aliphatic carbocycles. The molecule has 1 unspecified atom stereocenters. The first-order chi connectivity index (χ1) is 8.31. The number of amides is 1. The lowest BCUT2D eigenvalue weighted by atomic mass is 10.0. The molecule has 1 aromatic rings. The van der Waals surface area contributed by atoms with Gasteiger partial charge in [0.25, 0.3) is 5.91 Å². The lowest BCUT2D eigenvalue weighted by Crippen LogP contribution is -2.20. The summed E-state index contributed by atoms with van der Waals surface area (Å²) in [5, 5.41) is 2.91. The van der Waals surface area contributed by atoms with E-state index in [2.05, 4.69) is 5.32 Å². The molecular formula is C13H18F2N2O. The Bertz CT molecular complexity index is 447. The van der Waals surface area contributed by atoms with Gasteiger partial charge < -0.3 is 11.1 Å². The van der Waals surface area contributed by atoms with Crippen molar-refractivity contribution in [2.24, 2.45) is 11.7 Å². The third-order valence-electron chi connectivity index (χ3n) is 2.55. The highest BCUT2D eigenvalue weighted by Crippen LogP contribution is 2.21. The summed E-state index contributed by atoms with van der Waals surface area (Å²) in [4.78, 5) is 11.0. The van der Waals surface area contributed by atoms with Crippen LogP contribution in [0.25, 0.3) is 0 Å². The van der Waals surface area contributed by atoms with E-state index in [9.17, 15) is 13.6 Å². The first kappa shape index (κ1) is 14.4. The number of halogens is 2. The number of hydrogen-bond donors (Lipinski definition) is 2. The molecule has 0 spiro atoms. The summed E-state index contributed by atoms with van der Waals surface area (Å²) in [6, 6.07) is 1.81. The fourth-order valence-corrected chi connectivity index (χ4v) is 1.88. The van der Waals surface area contributed by atoms with Crippen molar-refractivity contribution in [3.8, 4) is 0 Å². The molecule has 5 heteroatoms. The Morgan fingerprint density at radius 2 is 1.89 bits per heavy atom. The van der Waals surface area contributed by atoms with Crippen LogP contribution in [-0.2, 0) is 0 Å². The summed E-state index contributed by atoms with van der Waals surface area (Å²) in [6.07, 6.45) is 0.836. The maximum atomic E-state index is 13.5. The van der Waals surface area contributed by atoms with Crippen LogP contribution in [0.2, 0.25) is 0 Å². The van der Waals surface area contributed by atoms with Gasteiger partial charge in [0.15, 0.2) is 0 Å². The highest BCUT2D eigenvalue weighted by Gasteiger charge is 2.15. The molecule has 0 heterocycles. The molecule has 0 saturated carbocycles. The maximum absolute atomic E-state index is 13.5. The molecular weight excluding hydrogens is 238 g/mol. The van der Waals surface area contributed by atoms with Gasteiger partial charge in [-0.1, -0.05) is 13.8 Å². The summed E-state index contributed by atoms with van der Waals surface area (Å²) >= 11 is 0. The lowest BCUT2D eigenvalue weighted by molar-refractivity contribution is 0.0996. The van der Waals surface area contributed by atoms with Crippen molar-refractivity contribution in [2.45, 2.75) is 33.2 Å². The molecule has 1 rings (SSSR count). The SMILES string of the molecule is CC(C)CC(C)Nc1cc(C(N)=O)c(F)cc1F. The van der Waals surface area contributed by atoms with E-state index in [1.54, 1.807) is 0 Å². The second-order valence-electron chi connectivity index (χ2n) is 4.85. The molecule has 18 heavy (non-hydrogen) atoms. The van der Waals surface area contributed by atoms with Gasteiger partial charge in [0.2, 0.25) is 0 Å². The molecule has 0 aliphatic rings. The minimum Gasteiger partial charge on any atom is -0.380 e. The summed E-state index contributed by atoms with van der Waals surface area (Å²) < 4.78 is 26.8. The Morgan fingerprint density at radius 3 is 2.39 bits per heavy atom. The molecule has 0 saturated heterocycles. The lowest BCUT2D eigenvalue weighted by Gasteiger charge is -2.18. The Balaban J connectivity index is 2.95. The summed E-state index contributed by atoms with van der Waals surface area (Å²) in [5.74, 6) is -2.13. The van der Waals surface area contributed by atoms with Crippen LogP contribution in [0, 0.1) is 17.6 Å². The third kappa shape index (κ3) is 3.68. The Morgan fingerprint density at radius 1 is 1.28 bits per heavy atom. The Kier molecular flexibility index (Phi) is 4.64. The topological polar surface area (TPSA) is 55.1 Å². The van der Waals surface area contributed by atoms with Gasteiger partial charge in [-0.2, -0.15) is 0 Å². The molecule has 0 bridgehead atoms. The van der Waals surface area contributed by atoms with E-state index in [1.807, 2.05) is 20.8 Å². The van der Waals surface area contributed by atoms with E-state index in [1.165, 1.54) is 0 Å². The number of nitrogens with one attached hydrogen (secondary N) is 1. The quantitative estimate of drug-likeness (QED) is 0.851. The number of hydrogen-bond acceptors (Lipinski definition) is 2. The number of benzene rings is 1. The van der Waals surface area contributed by atoms with E-state index in [0.29, 0.717) is 12.0 Å². The molecule has 0 radical (unpaired) electrons. The number of carbonyl (C=O) groups is 1. The van der Waals surface area contributed by atoms with Crippen molar-refractivity contribution in [3.63, 3.8) is 0 Å². The summed E-state index contributed by atoms with van der Waals surface area (Å²) in [6.45, 7) is 5.99. The molecule has 0 fully saturated rings. The van der Waals surface area contributed by atoms with E-state index < -0.39 is 17.5 Å². The molecule has 1 atom stereocenters. The minimum atomic E-state index is -0.943. The van der Waals surface area contributed by atoms with E-state index >= 15 is 0 Å². The third-order valence-corrected chi connectivity index (χ3v) is 2.55. The number of nitrogens with two attached hydrogens (primary N) is 1. The number of rotatable bonds is 5. The first-order valence-electron chi connectivity index (χ1n) is 5.86. The van der Waals surface area contributed by atoms with Crippen LogP contribution in [0.15, 0.2) is 12.1 Å². The monoisotopic (exact) mass is 256 g/mol. The van der Waals surface area contributed by atoms with Gasteiger partial charge in [0.05, 0.1) is 11.3 Å². The van der Waals surface area contributed by atoms with Crippen molar-refractivity contribution in [3.05, 3.63) is 29.3 Å². The molecule has 3 nitrogen and oxygen atoms in total. The molecule has 3 N–H and O–H groups in total. The maximum Gasteiger partial charge on any atom is 0.251 e. The minimum absolute atomic E-state index is 0.0192. The standard InChI is InChI=1S/C13H18F2N2O/c1-7(2)4-8(3)17-12-5-9(13(16)18)10(14)6-11(12)15/h5-8,17H,4H2,1-3H3,(H2,16,18). The summed E-state index contributed by atoms with van der Waals surface area (Å²) in [5.41, 5.74) is 4.80. The molecule has 100 valence electrons. The van der Waals surface area contributed by atoms with Crippen molar-refractivity contribution < 1.29 is 13.6 Å². The van der Waals surface area contributed by atoms with Crippen LogP contribution in [0.4, 0.5) is 14.5 Å². The largest absolute Gasteiger partial charge is 0.380 e. The number of anilines is 1. The molecule has 0 aliphatic heterocycles. The molecule has 0 aromatic heterocycles. The van der Waals surface area contributed by atoms with Crippen LogP contribution in [0.5, 0.6) is 0 Å². The van der Waals surface area contributed by atoms with Gasteiger partial charge in [-0.25, -0.2) is 8.78 Å². The molecule has 1 aromatic carbocycles. The van der Waals surface area contributed by atoms with Gasteiger partial charge in [0.1, 0.15) is 11.6 Å². The van der Waals surface area contributed by atoms with Crippen LogP contribution >= 0.6 is 0 Å². The number of carbonyl (C=O) groups excluding carboxylic acids is 1. The van der Waals surface area contributed by atoms with E-state index in [4.69, 9.17) is 5.73 Å². The van der Waals surface area contributed by atoms with Gasteiger partial charge in [-0.05, 0) is 25.3 Å². The van der Waals surface area contributed by atoms with Crippen LogP contribution in [0.1, 0.15) is 37.6 Å². The fraction of sp³-hybridized carbons (Fsp3) is 0.462. The van der Waals surface area contributed by atoms with Crippen molar-refractivity contribution in [1.29, 1.82) is 0 Å². The van der Waals surface area contributed by atoms with Crippen molar-refractivity contribution in [2.75, 3.05) is 5.32 Å². The highest BCUT2D eigenvalue weighted by molar-refractivity contribution is 5.94. The predicted octanol–water partition coefficient (Wildman–Crippen LogP) is 2.91. The number of primary amides is 1. The fourth-order valence-electron chi connectivity index (χ4n) is 1.88. The smallest absolute Gasteiger partial charge is 0.251 e. The Labute approximate surface area is 105 Å². The van der Waals surface area contributed by atoms with Gasteiger partial charge in [-0.15, -0.1) is 0 Å². The normalized spacial score (nSPS) is 12.6. The zero-order valence-electron chi connectivity index (χ0n) is 10.8. The second kappa shape index (κ2) is 5.80. The summed E-state index contributed by atoms with van der Waals surface area (Å²) in [7, 11) is 0. The van der Waals surface area contributed by atoms with Gasteiger partial charge in [0, 0.05) is 12.1 Å². The predicted molar refractivity (Wildman–Crippen MR) is 67.4 cm³/mol. The van der Waals surface area contributed by atoms with E-state index in [0.717, 1.165) is 12.5 Å². The van der Waals surface area contributed by atoms with Crippen molar-refractivity contribution in [1.82, 2.24) is 0 Å². The zero-order chi connectivity index (χ0) is 13.9. The van der Waals surface area contributed by atoms with Gasteiger partial charge >= 0.3 is 0 Å².